The maximum Gasteiger partial charge on any atom is 0.196 e. The van der Waals surface area contributed by atoms with Gasteiger partial charge in [-0.1, -0.05) is 13.8 Å². The van der Waals surface area contributed by atoms with Crippen LogP contribution in [-0.2, 0) is 6.42 Å². The Balaban J connectivity index is 1.89. The van der Waals surface area contributed by atoms with Crippen molar-refractivity contribution in [2.75, 3.05) is 13.1 Å². The predicted molar refractivity (Wildman–Crippen MR) is 73.3 cm³/mol. The van der Waals surface area contributed by atoms with Crippen LogP contribution in [0, 0.1) is 5.92 Å². The highest BCUT2D eigenvalue weighted by Gasteiger charge is 2.11. The van der Waals surface area contributed by atoms with E-state index >= 15 is 0 Å². The molecule has 0 fully saturated rings. The fourth-order valence-corrected chi connectivity index (χ4v) is 2.04. The summed E-state index contributed by atoms with van der Waals surface area (Å²) in [5, 5.41) is 3.36. The monoisotopic (exact) mass is 312 g/mol. The number of halogens is 1. The first kappa shape index (κ1) is 13.4. The maximum absolute atomic E-state index is 5.67. The van der Waals surface area contributed by atoms with Crippen LogP contribution in [0.1, 0.15) is 19.7 Å². The molecule has 2 heterocycles. The lowest BCUT2D eigenvalue weighted by molar-refractivity contribution is 0.481. The fourth-order valence-electron chi connectivity index (χ4n) is 1.61. The highest BCUT2D eigenvalue weighted by molar-refractivity contribution is 9.10. The van der Waals surface area contributed by atoms with Crippen LogP contribution >= 0.6 is 15.9 Å². The van der Waals surface area contributed by atoms with Gasteiger partial charge in [0.1, 0.15) is 0 Å². The van der Waals surface area contributed by atoms with E-state index in [2.05, 4.69) is 40.1 Å². The lowest BCUT2D eigenvalue weighted by Gasteiger charge is -2.05. The molecule has 0 unspecified atom stereocenters. The molecule has 0 aliphatic rings. The van der Waals surface area contributed by atoms with Gasteiger partial charge in [0.05, 0.1) is 18.0 Å². The Morgan fingerprint density at radius 3 is 2.94 bits per heavy atom. The number of nitrogens with zero attached hydrogens (tertiary/aromatic N) is 1. The topological polar surface area (TPSA) is 51.2 Å². The van der Waals surface area contributed by atoms with E-state index in [1.807, 2.05) is 6.07 Å². The molecule has 98 valence electrons. The van der Waals surface area contributed by atoms with Gasteiger partial charge < -0.3 is 14.2 Å². The Bertz CT molecular complexity index is 491. The summed E-state index contributed by atoms with van der Waals surface area (Å²) < 4.78 is 11.5. The zero-order chi connectivity index (χ0) is 13.0. The van der Waals surface area contributed by atoms with Crippen LogP contribution in [0.4, 0.5) is 0 Å². The molecule has 0 radical (unpaired) electrons. The van der Waals surface area contributed by atoms with Gasteiger partial charge in [0.2, 0.25) is 0 Å². The molecule has 2 aromatic heterocycles. The summed E-state index contributed by atoms with van der Waals surface area (Å²) in [6.07, 6.45) is 4.14. The van der Waals surface area contributed by atoms with Crippen LogP contribution in [0.3, 0.4) is 0 Å². The molecule has 0 aliphatic heterocycles. The minimum absolute atomic E-state index is 0.659. The molecule has 5 heteroatoms. The molecule has 0 atom stereocenters. The summed E-state index contributed by atoms with van der Waals surface area (Å²) in [6.45, 7) is 6.27. The van der Waals surface area contributed by atoms with E-state index in [9.17, 15) is 0 Å². The van der Waals surface area contributed by atoms with Crippen molar-refractivity contribution in [3.8, 4) is 11.3 Å². The van der Waals surface area contributed by atoms with E-state index in [-0.39, 0.29) is 0 Å². The molecule has 2 rings (SSSR count). The van der Waals surface area contributed by atoms with E-state index in [1.54, 1.807) is 12.5 Å². The number of hydrogen-bond donors (Lipinski definition) is 1. The molecular weight excluding hydrogens is 296 g/mol. The molecule has 18 heavy (non-hydrogen) atoms. The molecule has 0 aliphatic carbocycles. The molecule has 0 aromatic carbocycles. The van der Waals surface area contributed by atoms with Crippen molar-refractivity contribution in [3.05, 3.63) is 29.1 Å². The normalized spacial score (nSPS) is 11.3. The SMILES string of the molecule is CC(C)CNCCc1ncc(-c2ccoc2Br)o1. The van der Waals surface area contributed by atoms with E-state index in [0.29, 0.717) is 10.6 Å². The second-order valence-electron chi connectivity index (χ2n) is 4.57. The minimum Gasteiger partial charge on any atom is -0.457 e. The minimum atomic E-state index is 0.659. The number of oxazole rings is 1. The quantitative estimate of drug-likeness (QED) is 0.830. The van der Waals surface area contributed by atoms with Gasteiger partial charge in [-0.05, 0) is 34.5 Å². The number of hydrogen-bond acceptors (Lipinski definition) is 4. The van der Waals surface area contributed by atoms with Crippen molar-refractivity contribution in [2.24, 2.45) is 5.92 Å². The molecule has 4 nitrogen and oxygen atoms in total. The molecule has 2 aromatic rings. The molecule has 0 saturated carbocycles. The van der Waals surface area contributed by atoms with Crippen molar-refractivity contribution >= 4 is 15.9 Å². The van der Waals surface area contributed by atoms with Crippen molar-refractivity contribution in [3.63, 3.8) is 0 Å². The van der Waals surface area contributed by atoms with Crippen LogP contribution in [0.15, 0.2) is 32.0 Å². The Kier molecular flexibility index (Phi) is 4.60. The summed E-state index contributed by atoms with van der Waals surface area (Å²) in [4.78, 5) is 4.26. The van der Waals surface area contributed by atoms with Crippen molar-refractivity contribution in [1.29, 1.82) is 0 Å². The molecule has 0 bridgehead atoms. The van der Waals surface area contributed by atoms with E-state index in [4.69, 9.17) is 8.83 Å². The number of rotatable bonds is 6. The van der Waals surface area contributed by atoms with Crippen LogP contribution in [-0.4, -0.2) is 18.1 Å². The number of furan rings is 1. The zero-order valence-electron chi connectivity index (χ0n) is 10.6. The smallest absolute Gasteiger partial charge is 0.196 e. The van der Waals surface area contributed by atoms with Crippen LogP contribution < -0.4 is 5.32 Å². The van der Waals surface area contributed by atoms with Crippen molar-refractivity contribution in [1.82, 2.24) is 10.3 Å². The van der Waals surface area contributed by atoms with Crippen LogP contribution in [0.5, 0.6) is 0 Å². The van der Waals surface area contributed by atoms with E-state index in [0.717, 1.165) is 36.7 Å². The number of aromatic nitrogens is 1. The zero-order valence-corrected chi connectivity index (χ0v) is 12.2. The first-order valence-electron chi connectivity index (χ1n) is 6.05. The number of nitrogens with one attached hydrogen (secondary N) is 1. The summed E-state index contributed by atoms with van der Waals surface area (Å²) in [5.41, 5.74) is 0.892. The second kappa shape index (κ2) is 6.20. The lowest BCUT2D eigenvalue weighted by atomic mass is 10.2. The van der Waals surface area contributed by atoms with Gasteiger partial charge in [-0.15, -0.1) is 0 Å². The highest BCUT2D eigenvalue weighted by atomic mass is 79.9. The van der Waals surface area contributed by atoms with Gasteiger partial charge in [-0.25, -0.2) is 4.98 Å². The van der Waals surface area contributed by atoms with Gasteiger partial charge in [0, 0.05) is 13.0 Å². The van der Waals surface area contributed by atoms with Crippen LogP contribution in [0.25, 0.3) is 11.3 Å². The largest absolute Gasteiger partial charge is 0.457 e. The van der Waals surface area contributed by atoms with Gasteiger partial charge in [-0.2, -0.15) is 0 Å². The Morgan fingerprint density at radius 2 is 2.28 bits per heavy atom. The Labute approximate surface area is 115 Å². The van der Waals surface area contributed by atoms with Gasteiger partial charge in [-0.3, -0.25) is 0 Å². The highest BCUT2D eigenvalue weighted by Crippen LogP contribution is 2.29. The third-order valence-electron chi connectivity index (χ3n) is 2.51. The van der Waals surface area contributed by atoms with Gasteiger partial charge in [0.25, 0.3) is 0 Å². The molecule has 0 amide bonds. The van der Waals surface area contributed by atoms with Gasteiger partial charge in [0.15, 0.2) is 16.3 Å². The first-order valence-corrected chi connectivity index (χ1v) is 6.85. The van der Waals surface area contributed by atoms with E-state index < -0.39 is 0 Å². The third kappa shape index (κ3) is 3.46. The fraction of sp³-hybridized carbons (Fsp3) is 0.462. The maximum atomic E-state index is 5.67. The summed E-state index contributed by atoms with van der Waals surface area (Å²) >= 11 is 3.33. The Morgan fingerprint density at radius 1 is 1.44 bits per heavy atom. The third-order valence-corrected chi connectivity index (χ3v) is 3.12. The van der Waals surface area contributed by atoms with Gasteiger partial charge >= 0.3 is 0 Å². The molecular formula is C13H17BrN2O2. The van der Waals surface area contributed by atoms with Crippen molar-refractivity contribution < 1.29 is 8.83 Å². The molecule has 0 spiro atoms. The average Bonchev–Trinajstić information content (AvgIpc) is 2.92. The Hall–Kier alpha value is -1.07. The summed E-state index contributed by atoms with van der Waals surface area (Å²) in [6, 6.07) is 1.85. The van der Waals surface area contributed by atoms with Crippen LogP contribution in [0.2, 0.25) is 0 Å². The first-order chi connectivity index (χ1) is 8.66. The van der Waals surface area contributed by atoms with Crippen molar-refractivity contribution in [2.45, 2.75) is 20.3 Å². The second-order valence-corrected chi connectivity index (χ2v) is 5.29. The standard InChI is InChI=1S/C13H17BrN2O2/c1-9(2)7-15-5-3-12-16-8-11(18-12)10-4-6-17-13(10)14/h4,6,8-9,15H,3,5,7H2,1-2H3. The summed E-state index contributed by atoms with van der Waals surface area (Å²) in [5.74, 6) is 2.14. The predicted octanol–water partition coefficient (Wildman–Crippen LogP) is 3.49. The average molecular weight is 313 g/mol. The molecule has 0 saturated heterocycles. The van der Waals surface area contributed by atoms with E-state index in [1.165, 1.54) is 0 Å². The lowest BCUT2D eigenvalue weighted by Crippen LogP contribution is -2.22. The summed E-state index contributed by atoms with van der Waals surface area (Å²) in [7, 11) is 0. The molecule has 1 N–H and O–H groups in total.